The molecule has 0 amide bonds. The van der Waals surface area contributed by atoms with Gasteiger partial charge in [0.15, 0.2) is 0 Å². The molecule has 0 unspecified atom stereocenters. The van der Waals surface area contributed by atoms with Crippen LogP contribution in [-0.2, 0) is 6.42 Å². The maximum atomic E-state index is 10.5. The van der Waals surface area contributed by atoms with Crippen molar-refractivity contribution in [3.05, 3.63) is 35.4 Å². The fourth-order valence-corrected chi connectivity index (χ4v) is 3.80. The molecule has 1 aliphatic carbocycles. The van der Waals surface area contributed by atoms with E-state index in [1.165, 1.54) is 12.8 Å². The average molecular weight is 355 g/mol. The van der Waals surface area contributed by atoms with E-state index >= 15 is 0 Å². The van der Waals surface area contributed by atoms with Crippen LogP contribution in [0.2, 0.25) is 0 Å². The number of benzene rings is 1. The SMILES string of the molecule is COc1nc(N[C@H]2c3ccccc3C[C@H]2O)nc(N2CCCCCC2)n1. The normalized spacial score (nSPS) is 22.6. The molecular weight excluding hydrogens is 330 g/mol. The predicted molar refractivity (Wildman–Crippen MR) is 99.6 cm³/mol. The summed E-state index contributed by atoms with van der Waals surface area (Å²) in [5.74, 6) is 1.08. The molecule has 2 heterocycles. The van der Waals surface area contributed by atoms with Gasteiger partial charge in [0.05, 0.1) is 19.3 Å². The van der Waals surface area contributed by atoms with Gasteiger partial charge in [-0.15, -0.1) is 0 Å². The van der Waals surface area contributed by atoms with Crippen molar-refractivity contribution >= 4 is 11.9 Å². The number of nitrogens with zero attached hydrogens (tertiary/aromatic N) is 4. The highest BCUT2D eigenvalue weighted by Gasteiger charge is 2.31. The molecule has 7 nitrogen and oxygen atoms in total. The summed E-state index contributed by atoms with van der Waals surface area (Å²) >= 11 is 0. The van der Waals surface area contributed by atoms with Crippen molar-refractivity contribution in [1.29, 1.82) is 0 Å². The van der Waals surface area contributed by atoms with E-state index in [1.807, 2.05) is 18.2 Å². The molecule has 0 radical (unpaired) electrons. The summed E-state index contributed by atoms with van der Waals surface area (Å²) in [6, 6.07) is 8.14. The van der Waals surface area contributed by atoms with Crippen LogP contribution in [0.3, 0.4) is 0 Å². The highest BCUT2D eigenvalue weighted by molar-refractivity contribution is 5.45. The molecule has 2 aliphatic rings. The number of hydrogen-bond donors (Lipinski definition) is 2. The van der Waals surface area contributed by atoms with Gasteiger partial charge in [-0.3, -0.25) is 0 Å². The number of aliphatic hydroxyl groups excluding tert-OH is 1. The monoisotopic (exact) mass is 355 g/mol. The number of methoxy groups -OCH3 is 1. The highest BCUT2D eigenvalue weighted by Crippen LogP contribution is 2.33. The summed E-state index contributed by atoms with van der Waals surface area (Å²) < 4.78 is 5.29. The second kappa shape index (κ2) is 7.45. The number of rotatable bonds is 4. The zero-order valence-corrected chi connectivity index (χ0v) is 15.1. The number of aromatic nitrogens is 3. The molecule has 2 atom stereocenters. The zero-order chi connectivity index (χ0) is 17.9. The van der Waals surface area contributed by atoms with Crippen LogP contribution in [0.1, 0.15) is 42.9 Å². The lowest BCUT2D eigenvalue weighted by Gasteiger charge is -2.22. The van der Waals surface area contributed by atoms with Crippen molar-refractivity contribution in [3.63, 3.8) is 0 Å². The number of fused-ring (bicyclic) bond motifs is 1. The minimum Gasteiger partial charge on any atom is -0.467 e. The Balaban J connectivity index is 1.61. The Morgan fingerprint density at radius 3 is 2.62 bits per heavy atom. The van der Waals surface area contributed by atoms with Crippen LogP contribution in [0.5, 0.6) is 6.01 Å². The molecule has 2 aromatic rings. The molecule has 7 heteroatoms. The van der Waals surface area contributed by atoms with Gasteiger partial charge in [-0.2, -0.15) is 15.0 Å². The van der Waals surface area contributed by atoms with Crippen molar-refractivity contribution in [2.45, 2.75) is 44.2 Å². The second-order valence-electron chi connectivity index (χ2n) is 6.94. The average Bonchev–Trinajstić information content (AvgIpc) is 2.84. The fraction of sp³-hybridized carbons (Fsp3) is 0.526. The minimum atomic E-state index is -0.503. The third-order valence-electron chi connectivity index (χ3n) is 5.16. The largest absolute Gasteiger partial charge is 0.467 e. The van der Waals surface area contributed by atoms with E-state index in [0.29, 0.717) is 24.3 Å². The molecule has 1 aromatic carbocycles. The maximum absolute atomic E-state index is 10.5. The van der Waals surface area contributed by atoms with E-state index in [2.05, 4.69) is 31.2 Å². The zero-order valence-electron chi connectivity index (χ0n) is 15.1. The van der Waals surface area contributed by atoms with E-state index in [-0.39, 0.29) is 6.04 Å². The summed E-state index contributed by atoms with van der Waals surface area (Å²) in [7, 11) is 1.56. The maximum Gasteiger partial charge on any atom is 0.322 e. The summed E-state index contributed by atoms with van der Waals surface area (Å²) in [6.45, 7) is 1.89. The van der Waals surface area contributed by atoms with E-state index in [9.17, 15) is 5.11 Å². The van der Waals surface area contributed by atoms with Gasteiger partial charge in [0, 0.05) is 19.5 Å². The molecule has 1 aliphatic heterocycles. The molecule has 26 heavy (non-hydrogen) atoms. The lowest BCUT2D eigenvalue weighted by atomic mass is 10.1. The van der Waals surface area contributed by atoms with Crippen molar-refractivity contribution < 1.29 is 9.84 Å². The van der Waals surface area contributed by atoms with Crippen molar-refractivity contribution in [2.75, 3.05) is 30.4 Å². The first-order valence-electron chi connectivity index (χ1n) is 9.32. The van der Waals surface area contributed by atoms with Gasteiger partial charge in [-0.1, -0.05) is 37.1 Å². The second-order valence-corrected chi connectivity index (χ2v) is 6.94. The van der Waals surface area contributed by atoms with Crippen LogP contribution in [0.4, 0.5) is 11.9 Å². The molecule has 0 saturated carbocycles. The van der Waals surface area contributed by atoms with Crippen molar-refractivity contribution in [1.82, 2.24) is 15.0 Å². The van der Waals surface area contributed by atoms with Crippen LogP contribution in [0, 0.1) is 0 Å². The molecule has 2 N–H and O–H groups in total. The Bertz CT molecular complexity index is 761. The first-order valence-corrected chi connectivity index (χ1v) is 9.32. The molecule has 4 rings (SSSR count). The molecule has 0 bridgehead atoms. The number of anilines is 2. The van der Waals surface area contributed by atoms with Gasteiger partial charge in [0.2, 0.25) is 11.9 Å². The van der Waals surface area contributed by atoms with Crippen molar-refractivity contribution in [3.8, 4) is 6.01 Å². The van der Waals surface area contributed by atoms with E-state index < -0.39 is 6.10 Å². The number of ether oxygens (including phenoxy) is 1. The predicted octanol–water partition coefficient (Wildman–Crippen LogP) is 2.33. The summed E-state index contributed by atoms with van der Waals surface area (Å²) in [5, 5.41) is 13.8. The fourth-order valence-electron chi connectivity index (χ4n) is 3.80. The molecular formula is C19H25N5O2. The standard InChI is InChI=1S/C19H25N5O2/c1-26-19-22-17(21-18(23-19)24-10-6-2-3-7-11-24)20-16-14-9-5-4-8-13(14)12-15(16)25/h4-5,8-9,15-16,25H,2-3,6-7,10-12H2,1H3,(H,20,21,22,23)/t15-,16+/m1/s1. The van der Waals surface area contributed by atoms with Crippen LogP contribution >= 0.6 is 0 Å². The van der Waals surface area contributed by atoms with Gasteiger partial charge in [0.1, 0.15) is 0 Å². The summed E-state index contributed by atoms with van der Waals surface area (Å²) in [5.41, 5.74) is 2.25. The summed E-state index contributed by atoms with van der Waals surface area (Å²) in [6.07, 6.45) is 4.91. The Labute approximate surface area is 153 Å². The molecule has 0 spiro atoms. The lowest BCUT2D eigenvalue weighted by Crippen LogP contribution is -2.28. The smallest absolute Gasteiger partial charge is 0.322 e. The molecule has 1 aromatic heterocycles. The lowest BCUT2D eigenvalue weighted by molar-refractivity contribution is 0.165. The Morgan fingerprint density at radius 2 is 1.85 bits per heavy atom. The number of hydrogen-bond acceptors (Lipinski definition) is 7. The Morgan fingerprint density at radius 1 is 1.08 bits per heavy atom. The number of nitrogens with one attached hydrogen (secondary N) is 1. The van der Waals surface area contributed by atoms with Crippen LogP contribution in [0.25, 0.3) is 0 Å². The van der Waals surface area contributed by atoms with Gasteiger partial charge >= 0.3 is 6.01 Å². The van der Waals surface area contributed by atoms with Crippen LogP contribution in [0.15, 0.2) is 24.3 Å². The van der Waals surface area contributed by atoms with Crippen LogP contribution < -0.4 is 15.0 Å². The van der Waals surface area contributed by atoms with Gasteiger partial charge in [0.25, 0.3) is 0 Å². The first-order chi connectivity index (χ1) is 12.7. The minimum absolute atomic E-state index is 0.227. The Kier molecular flexibility index (Phi) is 4.88. The first kappa shape index (κ1) is 17.0. The van der Waals surface area contributed by atoms with E-state index in [0.717, 1.165) is 37.1 Å². The third-order valence-corrected chi connectivity index (χ3v) is 5.16. The molecule has 1 fully saturated rings. The van der Waals surface area contributed by atoms with Crippen LogP contribution in [-0.4, -0.2) is 46.4 Å². The quantitative estimate of drug-likeness (QED) is 0.871. The third kappa shape index (κ3) is 3.44. The van der Waals surface area contributed by atoms with Gasteiger partial charge in [-0.05, 0) is 24.0 Å². The highest BCUT2D eigenvalue weighted by atomic mass is 16.5. The van der Waals surface area contributed by atoms with Gasteiger partial charge in [-0.25, -0.2) is 0 Å². The molecule has 138 valence electrons. The summed E-state index contributed by atoms with van der Waals surface area (Å²) in [4.78, 5) is 15.6. The van der Waals surface area contributed by atoms with E-state index in [1.54, 1.807) is 7.11 Å². The topological polar surface area (TPSA) is 83.4 Å². The Hall–Kier alpha value is -2.41. The number of aliphatic hydroxyl groups is 1. The van der Waals surface area contributed by atoms with E-state index in [4.69, 9.17) is 4.74 Å². The van der Waals surface area contributed by atoms with Gasteiger partial charge < -0.3 is 20.1 Å². The van der Waals surface area contributed by atoms with Crippen molar-refractivity contribution in [2.24, 2.45) is 0 Å². The molecule has 1 saturated heterocycles.